The van der Waals surface area contributed by atoms with E-state index in [9.17, 15) is 13.5 Å². The van der Waals surface area contributed by atoms with Crippen molar-refractivity contribution in [2.24, 2.45) is 5.92 Å². The molecule has 1 aromatic carbocycles. The second-order valence-electron chi connectivity index (χ2n) is 5.02. The van der Waals surface area contributed by atoms with E-state index in [0.29, 0.717) is 25.3 Å². The molecule has 0 aliphatic carbocycles. The van der Waals surface area contributed by atoms with Crippen LogP contribution in [0.1, 0.15) is 24.5 Å². The van der Waals surface area contributed by atoms with Crippen molar-refractivity contribution in [1.29, 1.82) is 0 Å². The van der Waals surface area contributed by atoms with Gasteiger partial charge in [-0.25, -0.2) is 13.1 Å². The van der Waals surface area contributed by atoms with Gasteiger partial charge in [-0.2, -0.15) is 0 Å². The minimum absolute atomic E-state index is 0.150. The van der Waals surface area contributed by atoms with Crippen molar-refractivity contribution < 1.29 is 18.3 Å². The molecule has 1 aliphatic heterocycles. The molecule has 2 rings (SSSR count). The minimum atomic E-state index is -3.52. The first kappa shape index (κ1) is 15.4. The lowest BCUT2D eigenvalue weighted by molar-refractivity contribution is 0.186. The molecule has 1 unspecified atom stereocenters. The van der Waals surface area contributed by atoms with Crippen molar-refractivity contribution in [1.82, 2.24) is 4.72 Å². The minimum Gasteiger partial charge on any atom is -0.392 e. The Balaban J connectivity index is 2.11. The molecule has 0 aromatic heterocycles. The third kappa shape index (κ3) is 3.58. The number of sulfonamides is 1. The molecule has 5 nitrogen and oxygen atoms in total. The van der Waals surface area contributed by atoms with Gasteiger partial charge in [0, 0.05) is 13.2 Å². The average molecular weight is 299 g/mol. The quantitative estimate of drug-likeness (QED) is 0.823. The average Bonchev–Trinajstić information content (AvgIpc) is 2.97. The molecule has 0 amide bonds. The summed E-state index contributed by atoms with van der Waals surface area (Å²) in [6.45, 7) is 3.53. The van der Waals surface area contributed by atoms with Crippen LogP contribution in [0.5, 0.6) is 0 Å². The third-order valence-electron chi connectivity index (χ3n) is 3.63. The lowest BCUT2D eigenvalue weighted by Crippen LogP contribution is -2.29. The largest absolute Gasteiger partial charge is 0.392 e. The van der Waals surface area contributed by atoms with E-state index in [1.54, 1.807) is 18.2 Å². The molecule has 2 N–H and O–H groups in total. The summed E-state index contributed by atoms with van der Waals surface area (Å²) in [5.41, 5.74) is 1.63. The number of hydrogen-bond donors (Lipinski definition) is 2. The molecule has 0 bridgehead atoms. The first-order chi connectivity index (χ1) is 9.56. The van der Waals surface area contributed by atoms with Gasteiger partial charge in [0.05, 0.1) is 18.1 Å². The molecule has 1 saturated heterocycles. The summed E-state index contributed by atoms with van der Waals surface area (Å²) in [5.74, 6) is 0.247. The van der Waals surface area contributed by atoms with E-state index >= 15 is 0 Å². The van der Waals surface area contributed by atoms with Gasteiger partial charge in [-0.15, -0.1) is 0 Å². The van der Waals surface area contributed by atoms with Crippen LogP contribution in [0.3, 0.4) is 0 Å². The molecular formula is C14H21NO4S. The Morgan fingerprint density at radius 3 is 2.80 bits per heavy atom. The Hall–Kier alpha value is -0.950. The molecule has 1 aliphatic rings. The highest BCUT2D eigenvalue weighted by Crippen LogP contribution is 2.18. The normalized spacial score (nSPS) is 19.4. The second-order valence-corrected chi connectivity index (χ2v) is 6.79. The molecule has 1 heterocycles. The number of aryl methyl sites for hydroxylation is 1. The molecular weight excluding hydrogens is 278 g/mol. The predicted molar refractivity (Wildman–Crippen MR) is 75.9 cm³/mol. The van der Waals surface area contributed by atoms with E-state index in [-0.39, 0.29) is 17.4 Å². The van der Waals surface area contributed by atoms with E-state index in [4.69, 9.17) is 4.74 Å². The molecule has 0 saturated carbocycles. The van der Waals surface area contributed by atoms with Crippen LogP contribution in [0.25, 0.3) is 0 Å². The zero-order chi connectivity index (χ0) is 14.6. The highest BCUT2D eigenvalue weighted by Gasteiger charge is 2.20. The summed E-state index contributed by atoms with van der Waals surface area (Å²) >= 11 is 0. The van der Waals surface area contributed by atoms with Gasteiger partial charge in [0.2, 0.25) is 10.0 Å². The van der Waals surface area contributed by atoms with Gasteiger partial charge in [-0.1, -0.05) is 13.0 Å². The zero-order valence-corrected chi connectivity index (χ0v) is 12.4. The fraction of sp³-hybridized carbons (Fsp3) is 0.571. The first-order valence-electron chi connectivity index (χ1n) is 6.87. The number of nitrogens with one attached hydrogen (secondary N) is 1. The van der Waals surface area contributed by atoms with Crippen LogP contribution < -0.4 is 4.72 Å². The highest BCUT2D eigenvalue weighted by atomic mass is 32.2. The topological polar surface area (TPSA) is 75.6 Å². The maximum atomic E-state index is 12.2. The molecule has 1 fully saturated rings. The van der Waals surface area contributed by atoms with Gasteiger partial charge >= 0.3 is 0 Å². The van der Waals surface area contributed by atoms with Crippen LogP contribution in [0.2, 0.25) is 0 Å². The van der Waals surface area contributed by atoms with Crippen molar-refractivity contribution in [2.75, 3.05) is 19.8 Å². The van der Waals surface area contributed by atoms with Gasteiger partial charge in [0.25, 0.3) is 0 Å². The Bertz CT molecular complexity index is 550. The summed E-state index contributed by atoms with van der Waals surface area (Å²) in [6, 6.07) is 4.90. The van der Waals surface area contributed by atoms with Gasteiger partial charge in [0.1, 0.15) is 0 Å². The molecule has 20 heavy (non-hydrogen) atoms. The summed E-state index contributed by atoms with van der Waals surface area (Å²) in [7, 11) is -3.52. The fourth-order valence-corrected chi connectivity index (χ4v) is 3.48. The van der Waals surface area contributed by atoms with Gasteiger partial charge in [0.15, 0.2) is 0 Å². The van der Waals surface area contributed by atoms with Crippen LogP contribution in [0.15, 0.2) is 23.1 Å². The molecule has 1 atom stereocenters. The third-order valence-corrected chi connectivity index (χ3v) is 5.05. The van der Waals surface area contributed by atoms with Crippen molar-refractivity contribution in [2.45, 2.75) is 31.3 Å². The van der Waals surface area contributed by atoms with Crippen molar-refractivity contribution in [3.8, 4) is 0 Å². The standard InChI is InChI=1S/C14H21NO4S/c1-2-12-3-4-14(7-13(12)9-16)20(17,18)15-8-11-5-6-19-10-11/h3-4,7,11,15-16H,2,5-6,8-10H2,1H3. The Morgan fingerprint density at radius 1 is 1.40 bits per heavy atom. The number of ether oxygens (including phenoxy) is 1. The Labute approximate surface area is 120 Å². The van der Waals surface area contributed by atoms with Crippen LogP contribution in [0, 0.1) is 5.92 Å². The van der Waals surface area contributed by atoms with Crippen LogP contribution in [-0.2, 0) is 27.8 Å². The summed E-state index contributed by atoms with van der Waals surface area (Å²) in [5, 5.41) is 9.31. The fourth-order valence-electron chi connectivity index (χ4n) is 2.32. The van der Waals surface area contributed by atoms with E-state index in [1.165, 1.54) is 0 Å². The molecule has 0 spiro atoms. The van der Waals surface area contributed by atoms with Crippen molar-refractivity contribution >= 4 is 10.0 Å². The maximum absolute atomic E-state index is 12.2. The van der Waals surface area contributed by atoms with Gasteiger partial charge < -0.3 is 9.84 Å². The number of aliphatic hydroxyl groups is 1. The van der Waals surface area contributed by atoms with Gasteiger partial charge in [-0.3, -0.25) is 0 Å². The smallest absolute Gasteiger partial charge is 0.240 e. The van der Waals surface area contributed by atoms with Gasteiger partial charge in [-0.05, 0) is 42.0 Å². The monoisotopic (exact) mass is 299 g/mol. The first-order valence-corrected chi connectivity index (χ1v) is 8.35. The summed E-state index contributed by atoms with van der Waals surface area (Å²) in [6.07, 6.45) is 1.66. The molecule has 1 aromatic rings. The van der Waals surface area contributed by atoms with Crippen LogP contribution in [0.4, 0.5) is 0 Å². The lowest BCUT2D eigenvalue weighted by Gasteiger charge is -2.12. The van der Waals surface area contributed by atoms with E-state index in [1.807, 2.05) is 6.92 Å². The maximum Gasteiger partial charge on any atom is 0.240 e. The summed E-state index contributed by atoms with van der Waals surface area (Å²) < 4.78 is 32.3. The van der Waals surface area contributed by atoms with Crippen LogP contribution >= 0.6 is 0 Å². The Kier molecular flexibility index (Phi) is 5.15. The Morgan fingerprint density at radius 2 is 2.20 bits per heavy atom. The van der Waals surface area contributed by atoms with E-state index < -0.39 is 10.0 Å². The second kappa shape index (κ2) is 6.67. The lowest BCUT2D eigenvalue weighted by atomic mass is 10.1. The predicted octanol–water partition coefficient (Wildman–Crippen LogP) is 1.06. The van der Waals surface area contributed by atoms with E-state index in [2.05, 4.69) is 4.72 Å². The van der Waals surface area contributed by atoms with Crippen molar-refractivity contribution in [3.05, 3.63) is 29.3 Å². The molecule has 6 heteroatoms. The zero-order valence-electron chi connectivity index (χ0n) is 11.6. The SMILES string of the molecule is CCc1ccc(S(=O)(=O)NCC2CCOC2)cc1CO. The highest BCUT2D eigenvalue weighted by molar-refractivity contribution is 7.89. The van der Waals surface area contributed by atoms with E-state index in [0.717, 1.165) is 18.4 Å². The van der Waals surface area contributed by atoms with Crippen LogP contribution in [-0.4, -0.2) is 33.3 Å². The number of rotatable bonds is 6. The molecule has 0 radical (unpaired) electrons. The number of hydrogen-bond acceptors (Lipinski definition) is 4. The number of aliphatic hydroxyl groups excluding tert-OH is 1. The molecule has 112 valence electrons. The summed E-state index contributed by atoms with van der Waals surface area (Å²) in [4.78, 5) is 0.206. The van der Waals surface area contributed by atoms with Crippen molar-refractivity contribution in [3.63, 3.8) is 0 Å². The number of benzene rings is 1.